The van der Waals surface area contributed by atoms with Crippen LogP contribution in [0.5, 0.6) is 0 Å². The van der Waals surface area contributed by atoms with Gasteiger partial charge in [0, 0.05) is 18.0 Å². The van der Waals surface area contributed by atoms with Crippen molar-refractivity contribution in [3.8, 4) is 10.6 Å². The molecule has 4 aliphatic rings. The molecule has 2 atom stereocenters. The number of thiophene rings is 1. The van der Waals surface area contributed by atoms with E-state index in [1.54, 1.807) is 12.1 Å². The number of rotatable bonds is 5. The van der Waals surface area contributed by atoms with E-state index >= 15 is 4.39 Å². The second kappa shape index (κ2) is 8.80. The minimum Gasteiger partial charge on any atom is -0.481 e. The fraction of sp³-hybridized carbons (Fsp3) is 0.375. The van der Waals surface area contributed by atoms with Crippen molar-refractivity contribution in [3.63, 3.8) is 0 Å². The molecule has 7 nitrogen and oxygen atoms in total. The summed E-state index contributed by atoms with van der Waals surface area (Å²) in [5, 5.41) is 13.4. The molecule has 2 bridgehead atoms. The van der Waals surface area contributed by atoms with Crippen molar-refractivity contribution in [2.24, 2.45) is 17.8 Å². The molecule has 0 saturated heterocycles. The summed E-state index contributed by atoms with van der Waals surface area (Å²) in [5.41, 5.74) is 2.02. The van der Waals surface area contributed by atoms with Crippen LogP contribution in [0.1, 0.15) is 42.9 Å². The van der Waals surface area contributed by atoms with Gasteiger partial charge in [-0.05, 0) is 49.7 Å². The second-order valence-electron chi connectivity index (χ2n) is 9.18. The van der Waals surface area contributed by atoms with Crippen molar-refractivity contribution < 1.29 is 14.3 Å². The third kappa shape index (κ3) is 3.99. The van der Waals surface area contributed by atoms with E-state index in [0.717, 1.165) is 31.4 Å². The van der Waals surface area contributed by atoms with E-state index in [1.165, 1.54) is 17.5 Å². The highest BCUT2D eigenvalue weighted by Gasteiger charge is 2.47. The number of hydrogen-bond donors (Lipinski definition) is 2. The van der Waals surface area contributed by atoms with E-state index in [4.69, 9.17) is 23.2 Å². The van der Waals surface area contributed by atoms with Gasteiger partial charge in [-0.15, -0.1) is 11.3 Å². The van der Waals surface area contributed by atoms with Crippen molar-refractivity contribution in [2.45, 2.75) is 38.1 Å². The molecule has 0 aliphatic heterocycles. The lowest BCUT2D eigenvalue weighted by Crippen LogP contribution is -2.51. The standard InChI is InChI=1S/C24H20Cl2FN5O2S/c25-15-9-28-13-6-5-12(20(13)29-15)22-31-21(14-7-8-16(26)35-14)18(27)23(32-22)30-19-11-3-1-10(2-4-11)17(19)24(33)34/h5,7-11,17,19H,1-4,6H2,(H,33,34)(H,30,31,32)/t10?,11?,17-,19-/m0/s1. The molecule has 11 heteroatoms. The van der Waals surface area contributed by atoms with Gasteiger partial charge in [0.2, 0.25) is 0 Å². The molecule has 0 amide bonds. The van der Waals surface area contributed by atoms with Crippen molar-refractivity contribution >= 4 is 51.9 Å². The zero-order valence-corrected chi connectivity index (χ0v) is 20.7. The number of nitrogens with zero attached hydrogens (tertiary/aromatic N) is 4. The number of nitrogens with one attached hydrogen (secondary N) is 1. The number of halogens is 3. The Morgan fingerprint density at radius 2 is 1.86 bits per heavy atom. The van der Waals surface area contributed by atoms with Crippen molar-refractivity contribution in [2.75, 3.05) is 5.32 Å². The average Bonchev–Trinajstić information content (AvgIpc) is 3.46. The number of anilines is 1. The van der Waals surface area contributed by atoms with Gasteiger partial charge in [0.25, 0.3) is 0 Å². The lowest BCUT2D eigenvalue weighted by atomic mass is 9.61. The molecular formula is C24H20Cl2FN5O2S. The molecule has 3 aromatic heterocycles. The fourth-order valence-corrected chi connectivity index (χ4v) is 6.85. The number of allylic oxidation sites excluding steroid dienone is 1. The minimum absolute atomic E-state index is 0.0114. The van der Waals surface area contributed by atoms with Crippen molar-refractivity contribution in [1.82, 2.24) is 19.9 Å². The number of aliphatic carboxylic acids is 1. The summed E-state index contributed by atoms with van der Waals surface area (Å²) < 4.78 is 16.4. The van der Waals surface area contributed by atoms with Gasteiger partial charge in [-0.1, -0.05) is 29.3 Å². The zero-order valence-electron chi connectivity index (χ0n) is 18.3. The van der Waals surface area contributed by atoms with E-state index in [-0.39, 0.29) is 34.3 Å². The number of carboxylic acids is 1. The van der Waals surface area contributed by atoms with Crippen LogP contribution in [-0.4, -0.2) is 37.1 Å². The molecule has 2 N–H and O–H groups in total. The van der Waals surface area contributed by atoms with Crippen LogP contribution in [0.25, 0.3) is 16.1 Å². The lowest BCUT2D eigenvalue weighted by molar-refractivity contribution is -0.148. The van der Waals surface area contributed by atoms with Gasteiger partial charge in [0.1, 0.15) is 10.8 Å². The Balaban J connectivity index is 1.46. The maximum atomic E-state index is 15.9. The number of hydrogen-bond acceptors (Lipinski definition) is 7. The largest absolute Gasteiger partial charge is 0.481 e. The Hall–Kier alpha value is -2.62. The molecule has 4 aliphatic carbocycles. The van der Waals surface area contributed by atoms with Gasteiger partial charge in [-0.3, -0.25) is 9.78 Å². The topological polar surface area (TPSA) is 101 Å². The number of carboxylic acid groups (broad SMARTS) is 1. The number of fused-ring (bicyclic) bond motifs is 4. The summed E-state index contributed by atoms with van der Waals surface area (Å²) in [6, 6.07) is 2.99. The maximum Gasteiger partial charge on any atom is 0.308 e. The lowest BCUT2D eigenvalue weighted by Gasteiger charge is -2.47. The average molecular weight is 532 g/mol. The number of carbonyl (C=O) groups is 1. The molecule has 0 spiro atoms. The molecular weight excluding hydrogens is 512 g/mol. The normalized spacial score (nSPS) is 24.8. The Morgan fingerprint density at radius 3 is 2.57 bits per heavy atom. The third-order valence-electron chi connectivity index (χ3n) is 7.28. The molecule has 0 unspecified atom stereocenters. The Bertz CT molecular complexity index is 1370. The molecule has 35 heavy (non-hydrogen) atoms. The highest BCUT2D eigenvalue weighted by Crippen LogP contribution is 2.47. The van der Waals surface area contributed by atoms with Crippen LogP contribution >= 0.6 is 34.5 Å². The third-order valence-corrected chi connectivity index (χ3v) is 8.70. The summed E-state index contributed by atoms with van der Waals surface area (Å²) in [4.78, 5) is 30.5. The van der Waals surface area contributed by atoms with E-state index in [1.807, 2.05) is 6.08 Å². The minimum atomic E-state index is -0.853. The van der Waals surface area contributed by atoms with Crippen LogP contribution < -0.4 is 5.32 Å². The van der Waals surface area contributed by atoms with Gasteiger partial charge < -0.3 is 10.4 Å². The van der Waals surface area contributed by atoms with Crippen LogP contribution in [0.4, 0.5) is 10.2 Å². The second-order valence-corrected chi connectivity index (χ2v) is 11.3. The first-order chi connectivity index (χ1) is 16.9. The van der Waals surface area contributed by atoms with Crippen molar-refractivity contribution in [3.05, 3.63) is 56.9 Å². The van der Waals surface area contributed by atoms with Crippen LogP contribution in [0.2, 0.25) is 9.49 Å². The zero-order chi connectivity index (χ0) is 24.3. The van der Waals surface area contributed by atoms with Gasteiger partial charge in [0.15, 0.2) is 17.5 Å². The summed E-state index contributed by atoms with van der Waals surface area (Å²) in [6.45, 7) is 0. The molecule has 7 rings (SSSR count). The van der Waals surface area contributed by atoms with Gasteiger partial charge in [-0.2, -0.15) is 0 Å². The monoisotopic (exact) mass is 531 g/mol. The summed E-state index contributed by atoms with van der Waals surface area (Å²) in [6.07, 6.45) is 7.53. The molecule has 3 saturated carbocycles. The summed E-state index contributed by atoms with van der Waals surface area (Å²) in [5.74, 6) is -1.58. The Labute approximate surface area is 214 Å². The predicted octanol–water partition coefficient (Wildman–Crippen LogP) is 5.73. The van der Waals surface area contributed by atoms with E-state index in [2.05, 4.69) is 25.3 Å². The van der Waals surface area contributed by atoms with Crippen LogP contribution in [0, 0.1) is 23.6 Å². The SMILES string of the molecule is O=C(O)[C@H]1C2CCC(CC2)[C@@H]1Nc1nc(C2=CCc3ncc(Cl)nc32)nc(-c2ccc(Cl)s2)c1F. The van der Waals surface area contributed by atoms with Gasteiger partial charge >= 0.3 is 5.97 Å². The first-order valence-corrected chi connectivity index (χ1v) is 13.0. The highest BCUT2D eigenvalue weighted by molar-refractivity contribution is 7.19. The van der Waals surface area contributed by atoms with Crippen molar-refractivity contribution in [1.29, 1.82) is 0 Å². The summed E-state index contributed by atoms with van der Waals surface area (Å²) in [7, 11) is 0. The van der Waals surface area contributed by atoms with Crippen LogP contribution in [-0.2, 0) is 11.2 Å². The molecule has 3 heterocycles. The maximum absolute atomic E-state index is 15.9. The van der Waals surface area contributed by atoms with E-state index < -0.39 is 23.7 Å². The van der Waals surface area contributed by atoms with E-state index in [0.29, 0.717) is 26.9 Å². The summed E-state index contributed by atoms with van der Waals surface area (Å²) >= 11 is 13.4. The van der Waals surface area contributed by atoms with Crippen LogP contribution in [0.15, 0.2) is 24.4 Å². The molecule has 180 valence electrons. The van der Waals surface area contributed by atoms with E-state index in [9.17, 15) is 9.90 Å². The fourth-order valence-electron chi connectivity index (χ4n) is 5.69. The molecule has 3 aromatic rings. The first-order valence-electron chi connectivity index (χ1n) is 11.4. The van der Waals surface area contributed by atoms with Gasteiger partial charge in [-0.25, -0.2) is 19.3 Å². The Kier molecular flexibility index (Phi) is 5.74. The molecule has 0 radical (unpaired) electrons. The highest BCUT2D eigenvalue weighted by atomic mass is 35.5. The predicted molar refractivity (Wildman–Crippen MR) is 132 cm³/mol. The smallest absolute Gasteiger partial charge is 0.308 e. The molecule has 3 fully saturated rings. The van der Waals surface area contributed by atoms with Crippen LogP contribution in [0.3, 0.4) is 0 Å². The Morgan fingerprint density at radius 1 is 1.09 bits per heavy atom. The quantitative estimate of drug-likeness (QED) is 0.433. The molecule has 0 aromatic carbocycles. The first kappa shape index (κ1) is 22.8. The van der Waals surface area contributed by atoms with Gasteiger partial charge in [0.05, 0.1) is 32.7 Å². The number of aromatic nitrogens is 4.